The normalized spacial score (nSPS) is 19.1. The minimum Gasteiger partial charge on any atom is -0.495 e. The Morgan fingerprint density at radius 3 is 2.80 bits per heavy atom. The minimum absolute atomic E-state index is 0.0290. The van der Waals surface area contributed by atoms with E-state index >= 15 is 0 Å². The molecule has 1 fully saturated rings. The SMILES string of the molecule is COc1cc(C(=O)N2CCCCC2)ccc1Nc1nccc(-c2cnc3c(c2)C(C)(CO)CN3)n1. The summed E-state index contributed by atoms with van der Waals surface area (Å²) in [6.45, 7) is 4.28. The van der Waals surface area contributed by atoms with E-state index in [4.69, 9.17) is 4.74 Å². The number of aliphatic hydroxyl groups is 1. The van der Waals surface area contributed by atoms with Crippen molar-refractivity contribution in [3.8, 4) is 17.0 Å². The summed E-state index contributed by atoms with van der Waals surface area (Å²) < 4.78 is 5.57. The molecular weight excluding hydrogens is 444 g/mol. The molecule has 35 heavy (non-hydrogen) atoms. The second-order valence-corrected chi connectivity index (χ2v) is 9.35. The fraction of sp³-hybridized carbons (Fsp3) is 0.385. The van der Waals surface area contributed by atoms with Gasteiger partial charge in [0.25, 0.3) is 5.91 Å². The molecule has 9 nitrogen and oxygen atoms in total. The van der Waals surface area contributed by atoms with Crippen molar-refractivity contribution < 1.29 is 14.6 Å². The zero-order valence-electron chi connectivity index (χ0n) is 20.0. The Morgan fingerprint density at radius 1 is 1.20 bits per heavy atom. The predicted molar refractivity (Wildman–Crippen MR) is 134 cm³/mol. The molecule has 3 aromatic rings. The first-order valence-corrected chi connectivity index (χ1v) is 11.9. The number of nitrogens with one attached hydrogen (secondary N) is 2. The average Bonchev–Trinajstić information content (AvgIpc) is 3.25. The number of anilines is 3. The highest BCUT2D eigenvalue weighted by molar-refractivity contribution is 5.95. The standard InChI is InChI=1S/C26H30N6O3/c1-26(16-33)15-29-23-19(26)12-18(14-28-23)20-8-9-27-25(30-20)31-21-7-6-17(13-22(21)35-2)24(34)32-10-4-3-5-11-32/h6-9,12-14,33H,3-5,10-11,15-16H2,1-2H3,(H,28,29)(H,27,30,31). The van der Waals surface area contributed by atoms with Crippen LogP contribution in [0.1, 0.15) is 42.1 Å². The summed E-state index contributed by atoms with van der Waals surface area (Å²) in [4.78, 5) is 28.3. The molecule has 3 N–H and O–H groups in total. The third-order valence-corrected chi connectivity index (χ3v) is 6.82. The molecule has 0 saturated carbocycles. The molecule has 5 rings (SSSR count). The third-order valence-electron chi connectivity index (χ3n) is 6.82. The van der Waals surface area contributed by atoms with Crippen molar-refractivity contribution in [2.45, 2.75) is 31.6 Å². The number of likely N-dealkylation sites (tertiary alicyclic amines) is 1. The highest BCUT2D eigenvalue weighted by Gasteiger charge is 2.35. The van der Waals surface area contributed by atoms with Gasteiger partial charge < -0.3 is 25.4 Å². The number of piperidine rings is 1. The van der Waals surface area contributed by atoms with Crippen molar-refractivity contribution in [1.82, 2.24) is 19.9 Å². The Balaban J connectivity index is 1.38. The molecule has 4 heterocycles. The van der Waals surface area contributed by atoms with Gasteiger partial charge in [0.05, 0.1) is 25.1 Å². The van der Waals surface area contributed by atoms with Crippen LogP contribution >= 0.6 is 0 Å². The van der Waals surface area contributed by atoms with Gasteiger partial charge in [0, 0.05) is 54.1 Å². The number of aliphatic hydroxyl groups excluding tert-OH is 1. The van der Waals surface area contributed by atoms with E-state index < -0.39 is 0 Å². The van der Waals surface area contributed by atoms with Crippen LogP contribution in [0, 0.1) is 0 Å². The van der Waals surface area contributed by atoms with Crippen LogP contribution in [-0.4, -0.2) is 64.2 Å². The molecule has 0 bridgehead atoms. The van der Waals surface area contributed by atoms with Crippen LogP contribution in [0.4, 0.5) is 17.5 Å². The smallest absolute Gasteiger partial charge is 0.253 e. The maximum Gasteiger partial charge on any atom is 0.253 e. The first kappa shape index (κ1) is 23.0. The third kappa shape index (κ3) is 4.51. The summed E-state index contributed by atoms with van der Waals surface area (Å²) in [6, 6.07) is 9.23. The monoisotopic (exact) mass is 474 g/mol. The van der Waals surface area contributed by atoms with Crippen molar-refractivity contribution >= 4 is 23.4 Å². The van der Waals surface area contributed by atoms with E-state index in [0.717, 1.165) is 42.9 Å². The number of benzene rings is 1. The maximum atomic E-state index is 12.9. The zero-order valence-corrected chi connectivity index (χ0v) is 20.0. The molecule has 0 aliphatic carbocycles. The van der Waals surface area contributed by atoms with E-state index in [1.807, 2.05) is 30.0 Å². The first-order valence-electron chi connectivity index (χ1n) is 11.9. The summed E-state index contributed by atoms with van der Waals surface area (Å²) in [7, 11) is 1.58. The Kier molecular flexibility index (Phi) is 6.25. The number of rotatable bonds is 6. The Bertz CT molecular complexity index is 1240. The molecular formula is C26H30N6O3. The maximum absolute atomic E-state index is 12.9. The van der Waals surface area contributed by atoms with E-state index in [2.05, 4.69) is 25.6 Å². The van der Waals surface area contributed by atoms with Crippen LogP contribution in [0.25, 0.3) is 11.3 Å². The van der Waals surface area contributed by atoms with Crippen LogP contribution < -0.4 is 15.4 Å². The van der Waals surface area contributed by atoms with Crippen molar-refractivity contribution in [1.29, 1.82) is 0 Å². The number of hydrogen-bond donors (Lipinski definition) is 3. The van der Waals surface area contributed by atoms with Gasteiger partial charge in [-0.25, -0.2) is 15.0 Å². The summed E-state index contributed by atoms with van der Waals surface area (Å²) in [6.07, 6.45) is 6.72. The van der Waals surface area contributed by atoms with Crippen molar-refractivity contribution in [3.63, 3.8) is 0 Å². The Hall–Kier alpha value is -3.72. The van der Waals surface area contributed by atoms with E-state index in [0.29, 0.717) is 35.2 Å². The van der Waals surface area contributed by atoms with Crippen LogP contribution in [-0.2, 0) is 5.41 Å². The van der Waals surface area contributed by atoms with Crippen molar-refractivity contribution in [2.24, 2.45) is 0 Å². The quantitative estimate of drug-likeness (QED) is 0.497. The molecule has 182 valence electrons. The number of pyridine rings is 1. The number of nitrogens with zero attached hydrogens (tertiary/aromatic N) is 4. The highest BCUT2D eigenvalue weighted by Crippen LogP contribution is 2.37. The van der Waals surface area contributed by atoms with Crippen LogP contribution in [0.2, 0.25) is 0 Å². The van der Waals surface area contributed by atoms with E-state index in [9.17, 15) is 9.90 Å². The van der Waals surface area contributed by atoms with E-state index in [-0.39, 0.29) is 17.9 Å². The van der Waals surface area contributed by atoms with Gasteiger partial charge in [-0.15, -0.1) is 0 Å². The van der Waals surface area contributed by atoms with Crippen molar-refractivity contribution in [3.05, 3.63) is 53.9 Å². The molecule has 1 atom stereocenters. The first-order chi connectivity index (χ1) is 17.0. The molecule has 1 aromatic carbocycles. The average molecular weight is 475 g/mol. The van der Waals surface area contributed by atoms with Crippen LogP contribution in [0.5, 0.6) is 5.75 Å². The number of amides is 1. The Morgan fingerprint density at radius 2 is 2.03 bits per heavy atom. The highest BCUT2D eigenvalue weighted by atomic mass is 16.5. The summed E-state index contributed by atoms with van der Waals surface area (Å²) in [5, 5.41) is 16.3. The van der Waals surface area contributed by atoms with Gasteiger partial charge in [-0.3, -0.25) is 4.79 Å². The van der Waals surface area contributed by atoms with Crippen LogP contribution in [0.15, 0.2) is 42.7 Å². The molecule has 0 spiro atoms. The van der Waals surface area contributed by atoms with Gasteiger partial charge in [-0.2, -0.15) is 0 Å². The molecule has 1 unspecified atom stereocenters. The zero-order chi connectivity index (χ0) is 24.4. The largest absolute Gasteiger partial charge is 0.495 e. The molecule has 2 aliphatic rings. The molecule has 2 aromatic heterocycles. The lowest BCUT2D eigenvalue weighted by Gasteiger charge is -2.27. The summed E-state index contributed by atoms with van der Waals surface area (Å²) in [5.74, 6) is 1.77. The molecule has 1 saturated heterocycles. The molecule has 2 aliphatic heterocycles. The fourth-order valence-electron chi connectivity index (χ4n) is 4.63. The topological polar surface area (TPSA) is 112 Å². The summed E-state index contributed by atoms with van der Waals surface area (Å²) in [5.41, 5.74) is 3.42. The van der Waals surface area contributed by atoms with Gasteiger partial charge in [0.15, 0.2) is 0 Å². The number of hydrogen-bond acceptors (Lipinski definition) is 8. The molecule has 1 amide bonds. The molecule has 9 heteroatoms. The summed E-state index contributed by atoms with van der Waals surface area (Å²) >= 11 is 0. The van der Waals surface area contributed by atoms with Gasteiger partial charge in [-0.1, -0.05) is 6.92 Å². The Labute approximate surface area is 204 Å². The van der Waals surface area contributed by atoms with Crippen LogP contribution in [0.3, 0.4) is 0 Å². The van der Waals surface area contributed by atoms with Gasteiger partial charge >= 0.3 is 0 Å². The fourth-order valence-corrected chi connectivity index (χ4v) is 4.63. The number of aromatic nitrogens is 3. The van der Waals surface area contributed by atoms with E-state index in [1.165, 1.54) is 6.42 Å². The second kappa shape index (κ2) is 9.50. The second-order valence-electron chi connectivity index (χ2n) is 9.35. The number of methoxy groups -OCH3 is 1. The van der Waals surface area contributed by atoms with Gasteiger partial charge in [0.2, 0.25) is 5.95 Å². The lowest BCUT2D eigenvalue weighted by Crippen LogP contribution is -2.35. The molecule has 0 radical (unpaired) electrons. The van der Waals surface area contributed by atoms with E-state index in [1.54, 1.807) is 31.6 Å². The van der Waals surface area contributed by atoms with Crippen molar-refractivity contribution in [2.75, 3.05) is 44.0 Å². The number of ether oxygens (including phenoxy) is 1. The predicted octanol–water partition coefficient (Wildman–Crippen LogP) is 3.59. The lowest BCUT2D eigenvalue weighted by atomic mass is 9.85. The van der Waals surface area contributed by atoms with Gasteiger partial charge in [-0.05, 0) is 49.6 Å². The minimum atomic E-state index is -0.382. The number of fused-ring (bicyclic) bond motifs is 1. The lowest BCUT2D eigenvalue weighted by molar-refractivity contribution is 0.0724. The van der Waals surface area contributed by atoms with Gasteiger partial charge in [0.1, 0.15) is 11.6 Å². The number of carbonyl (C=O) groups is 1. The number of carbonyl (C=O) groups excluding carboxylic acids is 1.